The van der Waals surface area contributed by atoms with E-state index in [0.717, 1.165) is 161 Å². The number of esters is 3. The normalized spacial score (nSPS) is 14.6. The maximum absolute atomic E-state index is 13.1. The molecular formula is C95H160O16P2. The first-order valence-electron chi connectivity index (χ1n) is 44.4. The van der Waals surface area contributed by atoms with Crippen molar-refractivity contribution >= 4 is 33.6 Å². The molecule has 0 saturated carbocycles. The predicted octanol–water partition coefficient (Wildman–Crippen LogP) is 27.1. The zero-order valence-corrected chi connectivity index (χ0v) is 72.8. The van der Waals surface area contributed by atoms with Crippen molar-refractivity contribution in [3.05, 3.63) is 170 Å². The number of carbonyl (C=O) groups is 3. The van der Waals surface area contributed by atoms with Crippen LogP contribution in [-0.4, -0.2) is 95.9 Å². The van der Waals surface area contributed by atoms with Gasteiger partial charge in [0.1, 0.15) is 25.4 Å². The lowest BCUT2D eigenvalue weighted by molar-refractivity contribution is -0.161. The molecule has 0 heterocycles. The van der Waals surface area contributed by atoms with Crippen LogP contribution in [0.15, 0.2) is 170 Å². The third kappa shape index (κ3) is 87.6. The first-order chi connectivity index (χ1) is 55.2. The lowest BCUT2D eigenvalue weighted by Crippen LogP contribution is -2.30. The Morgan fingerprint density at radius 3 is 0.743 bits per heavy atom. The molecule has 0 aliphatic heterocycles. The maximum Gasteiger partial charge on any atom is 0.472 e. The van der Waals surface area contributed by atoms with Crippen molar-refractivity contribution in [3.63, 3.8) is 0 Å². The molecule has 0 amide bonds. The molecule has 646 valence electrons. The first kappa shape index (κ1) is 108. The zero-order valence-electron chi connectivity index (χ0n) is 71.0. The molecule has 5 unspecified atom stereocenters. The van der Waals surface area contributed by atoms with Gasteiger partial charge < -0.3 is 34.2 Å². The van der Waals surface area contributed by atoms with Gasteiger partial charge in [-0.15, -0.1) is 0 Å². The molecule has 0 bridgehead atoms. The highest BCUT2D eigenvalue weighted by molar-refractivity contribution is 7.47. The van der Waals surface area contributed by atoms with Crippen LogP contribution in [0.1, 0.15) is 355 Å². The second kappa shape index (κ2) is 86.3. The van der Waals surface area contributed by atoms with Crippen molar-refractivity contribution in [2.24, 2.45) is 0 Å². The number of hydrogen-bond acceptors (Lipinski definition) is 14. The quantitative estimate of drug-likeness (QED) is 0.0146. The Labute approximate surface area is 688 Å². The van der Waals surface area contributed by atoms with Gasteiger partial charge in [0, 0.05) is 19.3 Å². The predicted molar refractivity (Wildman–Crippen MR) is 472 cm³/mol. The Balaban J connectivity index is 4.70. The van der Waals surface area contributed by atoms with Gasteiger partial charge in [-0.2, -0.15) is 0 Å². The standard InChI is InChI=1S/C95H160O16P2/c1-4-7-10-13-16-19-22-25-28-31-34-37-40-42-44-46-49-51-54-57-60-63-66-69-72-75-78-81-93(98)105-84-90(96)85-107-112(101,102)108-86-91(97)87-109-113(103,104)110-89-92(111-95(100)83-80-77-74-71-68-65-62-59-56-53-48-39-36-33-30-27-24-21-18-15-12-9-6-3)88-106-94(99)82-79-76-73-70-67-64-61-58-55-52-50-47-45-43-41-38-35-32-29-26-23-20-17-14-11-8-5-2/h9,12,16-21,25-30,34-39,42-45,53,56,62,65,90-92,96-97H,4-8,10-11,13-15,22-24,31-33,40-41,46-52,54-55,57-61,63-64,66-89H2,1-3H3,(H,101,102)(H,103,104)/b12-9-,19-16-,20-17-,21-18-,28-25-,29-26-,30-27-,37-34-,38-35-,39-36-,44-42-,45-43-,56-53-,65-62-. The van der Waals surface area contributed by atoms with E-state index in [4.69, 9.17) is 32.3 Å². The van der Waals surface area contributed by atoms with Crippen molar-refractivity contribution in [1.29, 1.82) is 0 Å². The molecule has 0 aliphatic carbocycles. The molecule has 0 radical (unpaired) electrons. The minimum absolute atomic E-state index is 0.0684. The molecule has 0 saturated heterocycles. The van der Waals surface area contributed by atoms with Gasteiger partial charge in [0.15, 0.2) is 6.10 Å². The molecule has 5 atom stereocenters. The van der Waals surface area contributed by atoms with Gasteiger partial charge >= 0.3 is 33.6 Å². The molecule has 0 spiro atoms. The van der Waals surface area contributed by atoms with Gasteiger partial charge in [-0.3, -0.25) is 32.5 Å². The monoisotopic (exact) mass is 1620 g/mol. The van der Waals surface area contributed by atoms with Crippen LogP contribution in [0, 0.1) is 0 Å². The van der Waals surface area contributed by atoms with Crippen molar-refractivity contribution in [1.82, 2.24) is 0 Å². The Bertz CT molecular complexity index is 2730. The van der Waals surface area contributed by atoms with E-state index < -0.39 is 91.5 Å². The zero-order chi connectivity index (χ0) is 82.2. The van der Waals surface area contributed by atoms with Crippen molar-refractivity contribution in [3.8, 4) is 0 Å². The Hall–Kier alpha value is -5.09. The van der Waals surface area contributed by atoms with E-state index in [1.165, 1.54) is 135 Å². The Morgan fingerprint density at radius 1 is 0.257 bits per heavy atom. The average Bonchev–Trinajstić information content (AvgIpc) is 0.900. The second-order valence-corrected chi connectivity index (χ2v) is 32.2. The molecule has 113 heavy (non-hydrogen) atoms. The summed E-state index contributed by atoms with van der Waals surface area (Å²) in [5.74, 6) is -1.61. The van der Waals surface area contributed by atoms with E-state index in [2.05, 4.69) is 191 Å². The smallest absolute Gasteiger partial charge is 0.463 e. The highest BCUT2D eigenvalue weighted by Crippen LogP contribution is 2.45. The summed E-state index contributed by atoms with van der Waals surface area (Å²) in [6, 6.07) is 0. The minimum Gasteiger partial charge on any atom is -0.463 e. The molecule has 0 aromatic heterocycles. The number of carbonyl (C=O) groups excluding carboxylic acids is 3. The Morgan fingerprint density at radius 2 is 0.469 bits per heavy atom. The third-order valence-corrected chi connectivity index (χ3v) is 20.3. The van der Waals surface area contributed by atoms with Gasteiger partial charge in [-0.05, 0) is 161 Å². The van der Waals surface area contributed by atoms with Gasteiger partial charge in [0.2, 0.25) is 0 Å². The largest absolute Gasteiger partial charge is 0.472 e. The summed E-state index contributed by atoms with van der Waals surface area (Å²) in [6.45, 7) is 2.50. The molecule has 16 nitrogen and oxygen atoms in total. The van der Waals surface area contributed by atoms with Gasteiger partial charge in [0.05, 0.1) is 26.4 Å². The fourth-order valence-corrected chi connectivity index (χ4v) is 13.2. The first-order valence-corrected chi connectivity index (χ1v) is 47.4. The number of ether oxygens (including phenoxy) is 3. The number of aliphatic hydroxyl groups is 2. The SMILES string of the molecule is CC/C=C\C/C=C\C/C=C\C/C=C\C/C=C\C/C=C\CCCCCCC(=O)OC(COC(=O)CCCCCCCCCCCCC/C=C\C/C=C\C/C=C\C/C=C\CCCCC)COP(=O)(O)OCC(O)COP(=O)(O)OCC(O)COC(=O)CCCCCCCCCCCCC/C=C\C/C=C\C/C=C\C/C=C\CCCCC. The summed E-state index contributed by atoms with van der Waals surface area (Å²) in [5.41, 5.74) is 0. The maximum atomic E-state index is 13.1. The summed E-state index contributed by atoms with van der Waals surface area (Å²) in [4.78, 5) is 59.0. The fourth-order valence-electron chi connectivity index (χ4n) is 11.7. The van der Waals surface area contributed by atoms with E-state index in [-0.39, 0.29) is 19.3 Å². The average molecular weight is 1620 g/mol. The Kier molecular flexibility index (Phi) is 82.4. The molecule has 0 fully saturated rings. The summed E-state index contributed by atoms with van der Waals surface area (Å²) in [7, 11) is -9.82. The molecule has 0 aromatic rings. The van der Waals surface area contributed by atoms with Crippen LogP contribution in [0.25, 0.3) is 0 Å². The van der Waals surface area contributed by atoms with Crippen molar-refractivity contribution in [2.45, 2.75) is 373 Å². The van der Waals surface area contributed by atoms with Crippen LogP contribution in [0.5, 0.6) is 0 Å². The van der Waals surface area contributed by atoms with Crippen LogP contribution in [0.3, 0.4) is 0 Å². The highest BCUT2D eigenvalue weighted by Gasteiger charge is 2.29. The molecule has 18 heteroatoms. The number of aliphatic hydroxyl groups excluding tert-OH is 2. The van der Waals surface area contributed by atoms with E-state index in [9.17, 15) is 43.5 Å². The van der Waals surface area contributed by atoms with E-state index >= 15 is 0 Å². The van der Waals surface area contributed by atoms with Gasteiger partial charge in [-0.1, -0.05) is 345 Å². The summed E-state index contributed by atoms with van der Waals surface area (Å²) < 4.78 is 61.4. The summed E-state index contributed by atoms with van der Waals surface area (Å²) in [6.07, 6.45) is 111. The molecule has 0 rings (SSSR count). The van der Waals surface area contributed by atoms with Gasteiger partial charge in [-0.25, -0.2) is 9.13 Å². The number of unbranched alkanes of at least 4 members (excludes halogenated alkanes) is 32. The third-order valence-electron chi connectivity index (χ3n) is 18.4. The van der Waals surface area contributed by atoms with Gasteiger partial charge in [0.25, 0.3) is 0 Å². The van der Waals surface area contributed by atoms with Crippen LogP contribution in [0.4, 0.5) is 0 Å². The van der Waals surface area contributed by atoms with Crippen LogP contribution in [-0.2, 0) is 55.8 Å². The van der Waals surface area contributed by atoms with Crippen molar-refractivity contribution in [2.75, 3.05) is 39.6 Å². The van der Waals surface area contributed by atoms with Crippen LogP contribution < -0.4 is 0 Å². The number of phosphoric acid groups is 2. The summed E-state index contributed by atoms with van der Waals surface area (Å²) in [5, 5.41) is 20.7. The highest BCUT2D eigenvalue weighted by atomic mass is 31.2. The number of phosphoric ester groups is 2. The number of allylic oxidation sites excluding steroid dienone is 28. The second-order valence-electron chi connectivity index (χ2n) is 29.3. The van der Waals surface area contributed by atoms with Crippen molar-refractivity contribution < 1.29 is 75.8 Å². The molecule has 0 aromatic carbocycles. The number of hydrogen-bond donors (Lipinski definition) is 4. The minimum atomic E-state index is -4.95. The fraction of sp³-hybridized carbons (Fsp3) is 0.674. The van der Waals surface area contributed by atoms with E-state index in [1.807, 2.05) is 0 Å². The lowest BCUT2D eigenvalue weighted by atomic mass is 10.0. The molecular weight excluding hydrogens is 1460 g/mol. The lowest BCUT2D eigenvalue weighted by Gasteiger charge is -2.21. The number of rotatable bonds is 83. The van der Waals surface area contributed by atoms with E-state index in [1.54, 1.807) is 0 Å². The van der Waals surface area contributed by atoms with Crippen LogP contribution in [0.2, 0.25) is 0 Å². The van der Waals surface area contributed by atoms with E-state index in [0.29, 0.717) is 19.3 Å². The van der Waals surface area contributed by atoms with Crippen LogP contribution >= 0.6 is 15.6 Å². The molecule has 4 N–H and O–H groups in total. The molecule has 0 aliphatic rings. The summed E-state index contributed by atoms with van der Waals surface area (Å²) >= 11 is 0. The topological polar surface area (TPSA) is 231 Å².